The molecule has 0 N–H and O–H groups in total. The van der Waals surface area contributed by atoms with E-state index >= 15 is 0 Å². The predicted molar refractivity (Wildman–Crippen MR) is 107 cm³/mol. The Balaban J connectivity index is 1.51. The second kappa shape index (κ2) is 9.40. The molecule has 0 aromatic heterocycles. The lowest BCUT2D eigenvalue weighted by atomic mass is 9.90. The highest BCUT2D eigenvalue weighted by Gasteiger charge is 2.27. The molecule has 0 radical (unpaired) electrons. The van der Waals surface area contributed by atoms with Gasteiger partial charge in [0.15, 0.2) is 6.10 Å². The fourth-order valence-electron chi connectivity index (χ4n) is 3.63. The first-order chi connectivity index (χ1) is 13.6. The number of benzene rings is 2. The van der Waals surface area contributed by atoms with Crippen molar-refractivity contribution in [2.24, 2.45) is 5.92 Å². The van der Waals surface area contributed by atoms with Crippen LogP contribution in [0.1, 0.15) is 35.7 Å². The average molecular weight is 381 g/mol. The van der Waals surface area contributed by atoms with Gasteiger partial charge in [-0.3, -0.25) is 4.79 Å². The Hall–Kier alpha value is -2.82. The lowest BCUT2D eigenvalue weighted by molar-refractivity contribution is -0.139. The van der Waals surface area contributed by atoms with Gasteiger partial charge in [0.1, 0.15) is 5.75 Å². The van der Waals surface area contributed by atoms with Crippen molar-refractivity contribution in [3.05, 3.63) is 65.7 Å². The number of ether oxygens (including phenoxy) is 2. The van der Waals surface area contributed by atoms with Crippen LogP contribution in [0.3, 0.4) is 0 Å². The van der Waals surface area contributed by atoms with Crippen LogP contribution in [0.2, 0.25) is 0 Å². The van der Waals surface area contributed by atoms with Gasteiger partial charge in [-0.15, -0.1) is 0 Å². The number of hydrogen-bond acceptors (Lipinski definition) is 4. The van der Waals surface area contributed by atoms with Crippen molar-refractivity contribution in [2.45, 2.75) is 32.3 Å². The van der Waals surface area contributed by atoms with Gasteiger partial charge in [0.2, 0.25) is 0 Å². The summed E-state index contributed by atoms with van der Waals surface area (Å²) in [6, 6.07) is 17.2. The zero-order chi connectivity index (χ0) is 19.9. The number of esters is 1. The molecule has 1 atom stereocenters. The summed E-state index contributed by atoms with van der Waals surface area (Å²) in [6.45, 7) is 3.27. The third-order valence-corrected chi connectivity index (χ3v) is 5.21. The van der Waals surface area contributed by atoms with E-state index in [0.717, 1.165) is 32.4 Å². The molecular formula is C23H27NO4. The summed E-state index contributed by atoms with van der Waals surface area (Å²) < 4.78 is 10.5. The summed E-state index contributed by atoms with van der Waals surface area (Å²) in [5.41, 5.74) is 1.76. The van der Waals surface area contributed by atoms with Crippen LogP contribution in [0.4, 0.5) is 0 Å². The minimum Gasteiger partial charge on any atom is -0.481 e. The van der Waals surface area contributed by atoms with Gasteiger partial charge >= 0.3 is 5.97 Å². The van der Waals surface area contributed by atoms with Crippen molar-refractivity contribution >= 4 is 11.9 Å². The molecule has 5 nitrogen and oxygen atoms in total. The van der Waals surface area contributed by atoms with E-state index in [1.807, 2.05) is 11.0 Å². The smallest absolute Gasteiger partial charge is 0.337 e. The zero-order valence-corrected chi connectivity index (χ0v) is 16.5. The number of carbonyl (C=O) groups is 2. The maximum atomic E-state index is 12.8. The first-order valence-electron chi connectivity index (χ1n) is 9.74. The van der Waals surface area contributed by atoms with Gasteiger partial charge in [-0.05, 0) is 55.9 Å². The van der Waals surface area contributed by atoms with Crippen LogP contribution in [0.25, 0.3) is 0 Å². The molecule has 1 heterocycles. The lowest BCUT2D eigenvalue weighted by Gasteiger charge is -2.33. The van der Waals surface area contributed by atoms with E-state index in [9.17, 15) is 9.59 Å². The molecular weight excluding hydrogens is 354 g/mol. The van der Waals surface area contributed by atoms with Crippen LogP contribution < -0.4 is 4.74 Å². The first-order valence-corrected chi connectivity index (χ1v) is 9.74. The molecule has 1 aliphatic heterocycles. The highest BCUT2D eigenvalue weighted by Crippen LogP contribution is 2.23. The molecule has 0 aliphatic carbocycles. The topological polar surface area (TPSA) is 55.8 Å². The van der Waals surface area contributed by atoms with Crippen molar-refractivity contribution in [3.8, 4) is 5.75 Å². The maximum Gasteiger partial charge on any atom is 0.337 e. The highest BCUT2D eigenvalue weighted by atomic mass is 16.5. The number of nitrogens with zero attached hydrogens (tertiary/aromatic N) is 1. The minimum atomic E-state index is -0.599. The van der Waals surface area contributed by atoms with Crippen molar-refractivity contribution in [1.82, 2.24) is 4.90 Å². The van der Waals surface area contributed by atoms with Crippen LogP contribution in [0.5, 0.6) is 5.75 Å². The summed E-state index contributed by atoms with van der Waals surface area (Å²) in [6.07, 6.45) is 2.48. The highest BCUT2D eigenvalue weighted by molar-refractivity contribution is 5.89. The van der Waals surface area contributed by atoms with Crippen LogP contribution in [-0.2, 0) is 16.0 Å². The molecule has 1 saturated heterocycles. The standard InChI is InChI=1S/C23H27NO4/c1-17(28-21-10-6-9-20(16-21)23(26)27-2)22(25)24-13-11-19(12-14-24)15-18-7-4-3-5-8-18/h3-10,16-17,19H,11-15H2,1-2H3/t17-/m0/s1. The van der Waals surface area contributed by atoms with E-state index in [-0.39, 0.29) is 5.91 Å². The van der Waals surface area contributed by atoms with E-state index in [1.54, 1.807) is 31.2 Å². The van der Waals surface area contributed by atoms with Crippen LogP contribution in [-0.4, -0.2) is 43.1 Å². The molecule has 1 fully saturated rings. The molecule has 3 rings (SSSR count). The van der Waals surface area contributed by atoms with Crippen LogP contribution in [0.15, 0.2) is 54.6 Å². The van der Waals surface area contributed by atoms with Crippen LogP contribution >= 0.6 is 0 Å². The number of amides is 1. The number of rotatable bonds is 6. The molecule has 28 heavy (non-hydrogen) atoms. The van der Waals surface area contributed by atoms with Gasteiger partial charge in [-0.25, -0.2) is 4.79 Å². The number of likely N-dealkylation sites (tertiary alicyclic amines) is 1. The van der Waals surface area contributed by atoms with Crippen LogP contribution in [0, 0.1) is 5.92 Å². The Labute approximate surface area is 166 Å². The van der Waals surface area contributed by atoms with E-state index in [0.29, 0.717) is 17.2 Å². The van der Waals surface area contributed by atoms with Crippen molar-refractivity contribution in [2.75, 3.05) is 20.2 Å². The molecule has 0 saturated carbocycles. The van der Waals surface area contributed by atoms with E-state index in [1.165, 1.54) is 12.7 Å². The fourth-order valence-corrected chi connectivity index (χ4v) is 3.63. The molecule has 1 aliphatic rings. The lowest BCUT2D eigenvalue weighted by Crippen LogP contribution is -2.45. The number of piperidine rings is 1. The summed E-state index contributed by atoms with van der Waals surface area (Å²) in [5.74, 6) is 0.661. The summed E-state index contributed by atoms with van der Waals surface area (Å²) in [5, 5.41) is 0. The molecule has 148 valence electrons. The zero-order valence-electron chi connectivity index (χ0n) is 16.5. The second-order valence-electron chi connectivity index (χ2n) is 7.24. The normalized spacial score (nSPS) is 15.7. The molecule has 0 spiro atoms. The number of hydrogen-bond donors (Lipinski definition) is 0. The third kappa shape index (κ3) is 5.12. The average Bonchev–Trinajstić information content (AvgIpc) is 2.74. The van der Waals surface area contributed by atoms with Gasteiger partial charge < -0.3 is 14.4 Å². The Morgan fingerprint density at radius 2 is 1.79 bits per heavy atom. The summed E-state index contributed by atoms with van der Waals surface area (Å²) in [4.78, 5) is 26.3. The summed E-state index contributed by atoms with van der Waals surface area (Å²) in [7, 11) is 1.34. The Morgan fingerprint density at radius 1 is 1.07 bits per heavy atom. The quantitative estimate of drug-likeness (QED) is 0.716. The Bertz CT molecular complexity index is 797. The van der Waals surface area contributed by atoms with Crippen molar-refractivity contribution in [3.63, 3.8) is 0 Å². The molecule has 0 unspecified atom stereocenters. The summed E-state index contributed by atoms with van der Waals surface area (Å²) >= 11 is 0. The van der Waals surface area contributed by atoms with Gasteiger partial charge in [0.25, 0.3) is 5.91 Å². The molecule has 1 amide bonds. The monoisotopic (exact) mass is 381 g/mol. The van der Waals surface area contributed by atoms with Crippen molar-refractivity contribution in [1.29, 1.82) is 0 Å². The third-order valence-electron chi connectivity index (χ3n) is 5.21. The van der Waals surface area contributed by atoms with E-state index in [2.05, 4.69) is 24.3 Å². The minimum absolute atomic E-state index is 0.0124. The van der Waals surface area contributed by atoms with Gasteiger partial charge in [-0.2, -0.15) is 0 Å². The SMILES string of the molecule is COC(=O)c1cccc(O[C@@H](C)C(=O)N2CCC(Cc3ccccc3)CC2)c1. The second-order valence-corrected chi connectivity index (χ2v) is 7.24. The molecule has 0 bridgehead atoms. The maximum absolute atomic E-state index is 12.8. The van der Waals surface area contributed by atoms with Gasteiger partial charge in [0, 0.05) is 13.1 Å². The number of methoxy groups -OCH3 is 1. The van der Waals surface area contributed by atoms with Gasteiger partial charge in [0.05, 0.1) is 12.7 Å². The van der Waals surface area contributed by atoms with E-state index in [4.69, 9.17) is 9.47 Å². The Kier molecular flexibility index (Phi) is 6.69. The molecule has 5 heteroatoms. The first kappa shape index (κ1) is 19.9. The van der Waals surface area contributed by atoms with Gasteiger partial charge in [-0.1, -0.05) is 36.4 Å². The van der Waals surface area contributed by atoms with E-state index < -0.39 is 12.1 Å². The number of carbonyl (C=O) groups excluding carboxylic acids is 2. The molecule has 2 aromatic rings. The predicted octanol–water partition coefficient (Wildman–Crippen LogP) is 3.72. The fraction of sp³-hybridized carbons (Fsp3) is 0.391. The Morgan fingerprint density at radius 3 is 2.46 bits per heavy atom. The molecule has 2 aromatic carbocycles. The largest absolute Gasteiger partial charge is 0.481 e. The van der Waals surface area contributed by atoms with Crippen molar-refractivity contribution < 1.29 is 19.1 Å².